The first kappa shape index (κ1) is 21.1. The zero-order valence-electron chi connectivity index (χ0n) is 15.7. The van der Waals surface area contributed by atoms with E-state index in [-0.39, 0.29) is 10.9 Å². The van der Waals surface area contributed by atoms with E-state index in [1.54, 1.807) is 48.5 Å². The normalized spacial score (nSPS) is 17.2. The largest absolute Gasteiger partial charge is 0.550 e. The second kappa shape index (κ2) is 9.70. The molecule has 1 fully saturated rings. The number of carboxylic acid groups (broad SMARTS) is 1. The number of aliphatic carboxylic acids is 1. The molecule has 1 heterocycles. The van der Waals surface area contributed by atoms with Crippen LogP contribution in [0.1, 0.15) is 22.3 Å². The molecule has 0 aliphatic carbocycles. The van der Waals surface area contributed by atoms with Crippen molar-refractivity contribution in [3.63, 3.8) is 0 Å². The van der Waals surface area contributed by atoms with E-state index < -0.39 is 29.5 Å². The van der Waals surface area contributed by atoms with Crippen molar-refractivity contribution >= 4 is 41.0 Å². The van der Waals surface area contributed by atoms with Crippen LogP contribution < -0.4 is 19.9 Å². The molecule has 2 aromatic carbocycles. The maximum absolute atomic E-state index is 12.2. The Morgan fingerprint density at radius 1 is 1.20 bits per heavy atom. The number of amidine groups is 1. The number of nitrogens with zero attached hydrogens (tertiary/aromatic N) is 2. The van der Waals surface area contributed by atoms with Gasteiger partial charge in [0.15, 0.2) is 16.7 Å². The second-order valence-electron chi connectivity index (χ2n) is 5.99. The molecule has 9 nitrogen and oxygen atoms in total. The highest BCUT2D eigenvalue weighted by Gasteiger charge is 2.30. The molecule has 30 heavy (non-hydrogen) atoms. The van der Waals surface area contributed by atoms with Crippen LogP contribution in [-0.2, 0) is 9.59 Å². The van der Waals surface area contributed by atoms with E-state index in [1.807, 2.05) is 0 Å². The number of carboxylic acids is 1. The smallest absolute Gasteiger partial charge is 0.343 e. The summed E-state index contributed by atoms with van der Waals surface area (Å²) >= 11 is 0.970. The van der Waals surface area contributed by atoms with Crippen LogP contribution in [0.15, 0.2) is 58.7 Å². The van der Waals surface area contributed by atoms with Crippen molar-refractivity contribution in [1.82, 2.24) is 5.32 Å². The third-order valence-corrected chi connectivity index (χ3v) is 4.96. The fourth-order valence-corrected chi connectivity index (χ4v) is 3.38. The van der Waals surface area contributed by atoms with Gasteiger partial charge >= 0.3 is 5.97 Å². The Balaban J connectivity index is 1.67. The van der Waals surface area contributed by atoms with E-state index in [4.69, 9.17) is 9.47 Å². The number of rotatable bonds is 7. The Kier molecular flexibility index (Phi) is 6.81. The summed E-state index contributed by atoms with van der Waals surface area (Å²) in [6, 6.07) is 13.4. The Morgan fingerprint density at radius 2 is 1.97 bits per heavy atom. The third kappa shape index (κ3) is 5.45. The lowest BCUT2D eigenvalue weighted by Crippen LogP contribution is -2.31. The molecule has 3 rings (SSSR count). The molecule has 0 aromatic heterocycles. The lowest BCUT2D eigenvalue weighted by atomic mass is 10.2. The lowest BCUT2D eigenvalue weighted by molar-refractivity contribution is -0.305. The number of thioether (sulfide) groups is 1. The first-order valence-electron chi connectivity index (χ1n) is 8.70. The number of carbonyl (C=O) groups excluding carboxylic acids is 3. The molecule has 0 saturated carbocycles. The monoisotopic (exact) mass is 426 g/mol. The average molecular weight is 426 g/mol. The maximum Gasteiger partial charge on any atom is 0.343 e. The number of carbonyl (C=O) groups is 3. The number of ether oxygens (including phenoxy) is 2. The van der Waals surface area contributed by atoms with Crippen molar-refractivity contribution < 1.29 is 29.0 Å². The minimum atomic E-state index is -1.31. The van der Waals surface area contributed by atoms with Gasteiger partial charge in [-0.3, -0.25) is 4.79 Å². The van der Waals surface area contributed by atoms with Gasteiger partial charge in [-0.25, -0.2) is 4.79 Å². The molecule has 0 bridgehead atoms. The van der Waals surface area contributed by atoms with Crippen molar-refractivity contribution in [2.45, 2.75) is 11.7 Å². The summed E-state index contributed by atoms with van der Waals surface area (Å²) in [6.07, 6.45) is 1.01. The van der Waals surface area contributed by atoms with Crippen LogP contribution in [-0.4, -0.2) is 41.6 Å². The van der Waals surface area contributed by atoms with E-state index in [9.17, 15) is 19.5 Å². The molecule has 0 unspecified atom stereocenters. The number of benzene rings is 2. The van der Waals surface area contributed by atoms with E-state index in [0.29, 0.717) is 16.9 Å². The van der Waals surface area contributed by atoms with Gasteiger partial charge < -0.3 is 24.7 Å². The summed E-state index contributed by atoms with van der Waals surface area (Å²) in [5, 5.41) is 20.2. The molecule has 1 amide bonds. The summed E-state index contributed by atoms with van der Waals surface area (Å²) in [5.74, 6) is -1.70. The predicted molar refractivity (Wildman–Crippen MR) is 109 cm³/mol. The Labute approximate surface area is 175 Å². The van der Waals surface area contributed by atoms with Crippen molar-refractivity contribution in [1.29, 1.82) is 0 Å². The summed E-state index contributed by atoms with van der Waals surface area (Å²) in [7, 11) is 1.44. The van der Waals surface area contributed by atoms with Crippen LogP contribution in [0.3, 0.4) is 0 Å². The van der Waals surface area contributed by atoms with Gasteiger partial charge in [-0.2, -0.15) is 5.10 Å². The topological polar surface area (TPSA) is 129 Å². The first-order valence-corrected chi connectivity index (χ1v) is 9.58. The van der Waals surface area contributed by atoms with Gasteiger partial charge in [0.2, 0.25) is 5.91 Å². The molecule has 10 heteroatoms. The van der Waals surface area contributed by atoms with Gasteiger partial charge in [0, 0.05) is 12.4 Å². The molecule has 1 aliphatic rings. The zero-order valence-corrected chi connectivity index (χ0v) is 16.5. The van der Waals surface area contributed by atoms with Gasteiger partial charge in [-0.05, 0) is 35.9 Å². The Hall–Kier alpha value is -3.66. The molecule has 1 saturated heterocycles. The van der Waals surface area contributed by atoms with E-state index in [2.05, 4.69) is 15.5 Å². The van der Waals surface area contributed by atoms with Gasteiger partial charge in [0.05, 0.1) is 24.1 Å². The average Bonchev–Trinajstić information content (AvgIpc) is 3.08. The Morgan fingerprint density at radius 3 is 2.67 bits per heavy atom. The fraction of sp³-hybridized carbons (Fsp3) is 0.150. The number of hydrogen-bond acceptors (Lipinski definition) is 9. The molecule has 1 N–H and O–H groups in total. The minimum Gasteiger partial charge on any atom is -0.550 e. The van der Waals surface area contributed by atoms with Crippen molar-refractivity contribution in [2.24, 2.45) is 10.2 Å². The lowest BCUT2D eigenvalue weighted by Gasteiger charge is -2.09. The van der Waals surface area contributed by atoms with Crippen molar-refractivity contribution in [3.05, 3.63) is 59.7 Å². The zero-order chi connectivity index (χ0) is 21.5. The summed E-state index contributed by atoms with van der Waals surface area (Å²) in [4.78, 5) is 34.5. The predicted octanol–water partition coefficient (Wildman–Crippen LogP) is 0.976. The summed E-state index contributed by atoms with van der Waals surface area (Å²) < 4.78 is 10.6. The quantitative estimate of drug-likeness (QED) is 0.302. The fourth-order valence-electron chi connectivity index (χ4n) is 2.47. The van der Waals surface area contributed by atoms with Gasteiger partial charge in [0.1, 0.15) is 0 Å². The van der Waals surface area contributed by atoms with Crippen LogP contribution in [0.4, 0.5) is 0 Å². The molecule has 1 atom stereocenters. The van der Waals surface area contributed by atoms with E-state index in [0.717, 1.165) is 11.8 Å². The number of hydrogen-bond donors (Lipinski definition) is 1. The molecule has 1 aliphatic heterocycles. The highest BCUT2D eigenvalue weighted by molar-refractivity contribution is 8.15. The molecule has 0 spiro atoms. The van der Waals surface area contributed by atoms with E-state index in [1.165, 1.54) is 13.3 Å². The maximum atomic E-state index is 12.2. The molecule has 2 aromatic rings. The molecule has 0 radical (unpaired) electrons. The Bertz CT molecular complexity index is 1020. The number of esters is 1. The van der Waals surface area contributed by atoms with Gasteiger partial charge in [-0.15, -0.1) is 5.10 Å². The van der Waals surface area contributed by atoms with Crippen LogP contribution >= 0.6 is 11.8 Å². The van der Waals surface area contributed by atoms with Crippen LogP contribution in [0, 0.1) is 0 Å². The summed E-state index contributed by atoms with van der Waals surface area (Å²) in [6.45, 7) is 0. The highest BCUT2D eigenvalue weighted by Crippen LogP contribution is 2.28. The molecular weight excluding hydrogens is 410 g/mol. The number of nitrogens with one attached hydrogen (secondary N) is 1. The first-order chi connectivity index (χ1) is 14.5. The SMILES string of the molecule is COc1cc(/C=N\N=C2/NC(=O)[C@H](CC(=O)[O-])S2)ccc1OC(=O)c1ccccc1. The highest BCUT2D eigenvalue weighted by atomic mass is 32.2. The van der Waals surface area contributed by atoms with E-state index >= 15 is 0 Å². The third-order valence-electron chi connectivity index (χ3n) is 3.88. The van der Waals surface area contributed by atoms with Crippen LogP contribution in [0.5, 0.6) is 11.5 Å². The second-order valence-corrected chi connectivity index (χ2v) is 7.18. The minimum absolute atomic E-state index is 0.197. The molecule has 154 valence electrons. The number of amides is 1. The number of methoxy groups -OCH3 is 1. The van der Waals surface area contributed by atoms with Gasteiger partial charge in [0.25, 0.3) is 0 Å². The van der Waals surface area contributed by atoms with Crippen LogP contribution in [0.2, 0.25) is 0 Å². The summed E-state index contributed by atoms with van der Waals surface area (Å²) in [5.41, 5.74) is 1.02. The van der Waals surface area contributed by atoms with Crippen molar-refractivity contribution in [2.75, 3.05) is 7.11 Å². The van der Waals surface area contributed by atoms with Crippen molar-refractivity contribution in [3.8, 4) is 11.5 Å². The van der Waals surface area contributed by atoms with Gasteiger partial charge in [-0.1, -0.05) is 30.0 Å². The molecular formula is C20H16N3O6S-. The van der Waals surface area contributed by atoms with Crippen LogP contribution in [0.25, 0.3) is 0 Å². The standard InChI is InChI=1S/C20H17N3O6S/c1-28-15-9-12(7-8-14(15)29-19(27)13-5-3-2-4-6-13)11-21-23-20-22-18(26)16(30-20)10-17(24)25/h2-9,11,16H,10H2,1H3,(H,24,25)(H,22,23,26)/p-1/b21-11-/t16-/m0/s1.